The second-order valence-corrected chi connectivity index (χ2v) is 7.28. The second-order valence-electron chi connectivity index (χ2n) is 7.28. The maximum Gasteiger partial charge on any atom is 0.229 e. The van der Waals surface area contributed by atoms with E-state index >= 15 is 0 Å². The minimum Gasteiger partial charge on any atom is -0.497 e. The number of fused-ring (bicyclic) bond motifs is 1. The summed E-state index contributed by atoms with van der Waals surface area (Å²) in [5, 5.41) is 0. The van der Waals surface area contributed by atoms with E-state index in [1.165, 1.54) is 17.7 Å². The van der Waals surface area contributed by atoms with E-state index in [9.17, 15) is 9.18 Å². The number of amides is 1. The van der Waals surface area contributed by atoms with Crippen LogP contribution in [0.25, 0.3) is 11.5 Å². The molecule has 150 valence electrons. The molecule has 0 fully saturated rings. The van der Waals surface area contributed by atoms with Crippen molar-refractivity contribution in [1.82, 2.24) is 9.88 Å². The first-order valence-electron chi connectivity index (χ1n) is 9.65. The molecule has 3 aromatic rings. The van der Waals surface area contributed by atoms with Gasteiger partial charge < -0.3 is 14.1 Å². The molecule has 5 nitrogen and oxygen atoms in total. The molecule has 4 rings (SSSR count). The van der Waals surface area contributed by atoms with Gasteiger partial charge in [-0.15, -0.1) is 0 Å². The maximum absolute atomic E-state index is 13.1. The van der Waals surface area contributed by atoms with Crippen LogP contribution in [-0.2, 0) is 17.6 Å². The zero-order chi connectivity index (χ0) is 20.5. The van der Waals surface area contributed by atoms with Crippen molar-refractivity contribution in [3.8, 4) is 17.2 Å². The number of aryl methyl sites for hydroxylation is 1. The van der Waals surface area contributed by atoms with Gasteiger partial charge in [0.15, 0.2) is 0 Å². The van der Waals surface area contributed by atoms with E-state index in [1.54, 1.807) is 26.2 Å². The Bertz CT molecular complexity index is 1040. The van der Waals surface area contributed by atoms with Gasteiger partial charge in [-0.2, -0.15) is 0 Å². The number of hydrogen-bond acceptors (Lipinski definition) is 4. The van der Waals surface area contributed by atoms with Crippen molar-refractivity contribution < 1.29 is 18.3 Å². The normalized spacial score (nSPS) is 15.9. The van der Waals surface area contributed by atoms with Crippen molar-refractivity contribution >= 4 is 5.91 Å². The van der Waals surface area contributed by atoms with Crippen LogP contribution < -0.4 is 4.74 Å². The lowest BCUT2D eigenvalue weighted by Gasteiger charge is -2.35. The first kappa shape index (κ1) is 19.2. The Labute approximate surface area is 169 Å². The lowest BCUT2D eigenvalue weighted by Crippen LogP contribution is -2.39. The summed E-state index contributed by atoms with van der Waals surface area (Å²) in [5.41, 5.74) is 3.66. The SMILES string of the molecule is COc1ccc2c(c1)C(C)N(C(=O)Cc1nc(-c3ccc(F)cc3)oc1C)CC2. The van der Waals surface area contributed by atoms with Gasteiger partial charge in [0.05, 0.1) is 25.3 Å². The van der Waals surface area contributed by atoms with Crippen molar-refractivity contribution in [3.63, 3.8) is 0 Å². The third-order valence-electron chi connectivity index (χ3n) is 5.52. The quantitative estimate of drug-likeness (QED) is 0.654. The fourth-order valence-electron chi connectivity index (χ4n) is 3.81. The highest BCUT2D eigenvalue weighted by Gasteiger charge is 2.29. The summed E-state index contributed by atoms with van der Waals surface area (Å²) in [6, 6.07) is 12.0. The number of benzene rings is 2. The fraction of sp³-hybridized carbons (Fsp3) is 0.304. The highest BCUT2D eigenvalue weighted by atomic mass is 19.1. The molecule has 29 heavy (non-hydrogen) atoms. The number of nitrogens with zero attached hydrogens (tertiary/aromatic N) is 2. The standard InChI is InChI=1S/C23H23FN2O3/c1-14-20-12-19(28-3)9-6-16(20)10-11-26(14)22(27)13-21-15(2)29-23(25-21)17-4-7-18(24)8-5-17/h4-9,12,14H,10-11,13H2,1-3H3. The number of methoxy groups -OCH3 is 1. The van der Waals surface area contributed by atoms with Gasteiger partial charge in [0.25, 0.3) is 0 Å². The average molecular weight is 394 g/mol. The van der Waals surface area contributed by atoms with E-state index in [1.807, 2.05) is 24.0 Å². The fourth-order valence-corrected chi connectivity index (χ4v) is 3.81. The Morgan fingerprint density at radius 3 is 2.76 bits per heavy atom. The number of aromatic nitrogens is 1. The van der Waals surface area contributed by atoms with Crippen LogP contribution in [0.2, 0.25) is 0 Å². The lowest BCUT2D eigenvalue weighted by atomic mass is 9.93. The van der Waals surface area contributed by atoms with Gasteiger partial charge in [0.2, 0.25) is 11.8 Å². The minimum absolute atomic E-state index is 0.00743. The van der Waals surface area contributed by atoms with Crippen molar-refractivity contribution in [1.29, 1.82) is 0 Å². The van der Waals surface area contributed by atoms with E-state index in [0.29, 0.717) is 29.5 Å². The second kappa shape index (κ2) is 7.70. The number of carbonyl (C=O) groups excluding carboxylic acids is 1. The summed E-state index contributed by atoms with van der Waals surface area (Å²) in [6.45, 7) is 4.50. The molecule has 1 atom stereocenters. The highest BCUT2D eigenvalue weighted by molar-refractivity contribution is 5.79. The molecule has 1 aliphatic heterocycles. The minimum atomic E-state index is -0.316. The highest BCUT2D eigenvalue weighted by Crippen LogP contribution is 2.33. The first-order valence-corrected chi connectivity index (χ1v) is 9.65. The van der Waals surface area contributed by atoms with Gasteiger partial charge in [-0.25, -0.2) is 9.37 Å². The molecule has 0 radical (unpaired) electrons. The molecule has 1 unspecified atom stereocenters. The molecule has 0 saturated carbocycles. The molecule has 2 aromatic carbocycles. The van der Waals surface area contributed by atoms with Crippen molar-refractivity contribution in [2.24, 2.45) is 0 Å². The van der Waals surface area contributed by atoms with Crippen molar-refractivity contribution in [2.45, 2.75) is 32.7 Å². The predicted octanol–water partition coefficient (Wildman–Crippen LogP) is 4.49. The molecular weight excluding hydrogens is 371 g/mol. The topological polar surface area (TPSA) is 55.6 Å². The predicted molar refractivity (Wildman–Crippen MR) is 107 cm³/mol. The Balaban J connectivity index is 1.53. The van der Waals surface area contributed by atoms with E-state index < -0.39 is 0 Å². The number of oxazole rings is 1. The lowest BCUT2D eigenvalue weighted by molar-refractivity contribution is -0.133. The number of carbonyl (C=O) groups is 1. The van der Waals surface area contributed by atoms with Gasteiger partial charge >= 0.3 is 0 Å². The van der Waals surface area contributed by atoms with E-state index in [-0.39, 0.29) is 24.2 Å². The summed E-state index contributed by atoms with van der Waals surface area (Å²) in [7, 11) is 1.64. The van der Waals surface area contributed by atoms with Crippen molar-refractivity contribution in [2.75, 3.05) is 13.7 Å². The van der Waals surface area contributed by atoms with Gasteiger partial charge in [0, 0.05) is 12.1 Å². The summed E-state index contributed by atoms with van der Waals surface area (Å²) >= 11 is 0. The zero-order valence-electron chi connectivity index (χ0n) is 16.7. The molecule has 2 heterocycles. The van der Waals surface area contributed by atoms with Crippen LogP contribution in [0.1, 0.15) is 35.5 Å². The number of halogens is 1. The third-order valence-corrected chi connectivity index (χ3v) is 5.52. The molecule has 1 aliphatic rings. The summed E-state index contributed by atoms with van der Waals surface area (Å²) in [5.74, 6) is 1.48. The van der Waals surface area contributed by atoms with Gasteiger partial charge in [-0.05, 0) is 67.8 Å². The van der Waals surface area contributed by atoms with Crippen LogP contribution in [0.15, 0.2) is 46.9 Å². The molecule has 0 bridgehead atoms. The van der Waals surface area contributed by atoms with Crippen LogP contribution in [0, 0.1) is 12.7 Å². The van der Waals surface area contributed by atoms with Gasteiger partial charge in [-0.1, -0.05) is 6.07 Å². The van der Waals surface area contributed by atoms with Gasteiger partial charge in [-0.3, -0.25) is 4.79 Å². The monoisotopic (exact) mass is 394 g/mol. The van der Waals surface area contributed by atoms with E-state index in [0.717, 1.165) is 17.7 Å². The Kier molecular flexibility index (Phi) is 5.09. The third kappa shape index (κ3) is 3.75. The summed E-state index contributed by atoms with van der Waals surface area (Å²) in [6.07, 6.45) is 0.980. The molecule has 0 aliphatic carbocycles. The Morgan fingerprint density at radius 1 is 1.28 bits per heavy atom. The van der Waals surface area contributed by atoms with Crippen LogP contribution in [0.5, 0.6) is 5.75 Å². The van der Waals surface area contributed by atoms with Crippen LogP contribution in [0.4, 0.5) is 4.39 Å². The van der Waals surface area contributed by atoms with E-state index in [4.69, 9.17) is 9.15 Å². The van der Waals surface area contributed by atoms with Crippen LogP contribution in [0.3, 0.4) is 0 Å². The molecule has 0 saturated heterocycles. The molecule has 0 N–H and O–H groups in total. The molecule has 0 spiro atoms. The average Bonchev–Trinajstić information content (AvgIpc) is 3.08. The number of hydrogen-bond donors (Lipinski definition) is 0. The number of rotatable bonds is 4. The molecule has 6 heteroatoms. The van der Waals surface area contributed by atoms with Crippen LogP contribution in [-0.4, -0.2) is 29.4 Å². The molecular formula is C23H23FN2O3. The Morgan fingerprint density at radius 2 is 2.03 bits per heavy atom. The first-order chi connectivity index (χ1) is 14.0. The van der Waals surface area contributed by atoms with Gasteiger partial charge in [0.1, 0.15) is 17.3 Å². The summed E-state index contributed by atoms with van der Waals surface area (Å²) < 4.78 is 24.2. The molecule has 1 amide bonds. The largest absolute Gasteiger partial charge is 0.497 e. The van der Waals surface area contributed by atoms with E-state index in [2.05, 4.69) is 11.1 Å². The zero-order valence-corrected chi connectivity index (χ0v) is 16.7. The van der Waals surface area contributed by atoms with Crippen LogP contribution >= 0.6 is 0 Å². The van der Waals surface area contributed by atoms with Crippen molar-refractivity contribution in [3.05, 3.63) is 70.9 Å². The summed E-state index contributed by atoms with van der Waals surface area (Å²) in [4.78, 5) is 19.4. The smallest absolute Gasteiger partial charge is 0.229 e. The maximum atomic E-state index is 13.1. The number of ether oxygens (including phenoxy) is 1. The Hall–Kier alpha value is -3.15. The molecule has 1 aromatic heterocycles.